The number of imidazole rings is 1. The van der Waals surface area contributed by atoms with Crippen LogP contribution in [0.5, 0.6) is 0 Å². The van der Waals surface area contributed by atoms with Crippen molar-refractivity contribution in [2.45, 2.75) is 32.9 Å². The van der Waals surface area contributed by atoms with E-state index in [0.717, 1.165) is 12.0 Å². The van der Waals surface area contributed by atoms with Crippen LogP contribution in [-0.2, 0) is 24.3 Å². The summed E-state index contributed by atoms with van der Waals surface area (Å²) >= 11 is 0. The van der Waals surface area contributed by atoms with E-state index in [1.54, 1.807) is 34.9 Å². The minimum atomic E-state index is -0.948. The monoisotopic (exact) mass is 445 g/mol. The number of rotatable bonds is 8. The molecule has 4 rings (SSSR count). The summed E-state index contributed by atoms with van der Waals surface area (Å²) in [5.41, 5.74) is 2.71. The summed E-state index contributed by atoms with van der Waals surface area (Å²) in [7, 11) is 0. The zero-order valence-electron chi connectivity index (χ0n) is 18.2. The van der Waals surface area contributed by atoms with Crippen molar-refractivity contribution in [3.63, 3.8) is 0 Å². The summed E-state index contributed by atoms with van der Waals surface area (Å²) in [6.07, 6.45) is 1.46. The van der Waals surface area contributed by atoms with Crippen LogP contribution in [-0.4, -0.2) is 26.5 Å². The molecule has 0 saturated carbocycles. The van der Waals surface area contributed by atoms with Gasteiger partial charge >= 0.3 is 5.97 Å². The Labute approximate surface area is 190 Å². The molecule has 1 amide bonds. The summed E-state index contributed by atoms with van der Waals surface area (Å²) in [6.45, 7) is 2.06. The van der Waals surface area contributed by atoms with Gasteiger partial charge < -0.3 is 14.6 Å². The first kappa shape index (κ1) is 22.2. The first-order valence-corrected chi connectivity index (χ1v) is 10.8. The lowest BCUT2D eigenvalue weighted by Gasteiger charge is -2.23. The van der Waals surface area contributed by atoms with Gasteiger partial charge in [-0.25, -0.2) is 9.37 Å². The van der Waals surface area contributed by atoms with Crippen LogP contribution in [0.2, 0.25) is 0 Å². The van der Waals surface area contributed by atoms with Crippen molar-refractivity contribution >= 4 is 28.6 Å². The molecule has 1 N–H and O–H groups in total. The maximum Gasteiger partial charge on any atom is 0.323 e. The Hall–Kier alpha value is -4.00. The molecule has 0 spiro atoms. The van der Waals surface area contributed by atoms with Crippen LogP contribution >= 0.6 is 0 Å². The van der Waals surface area contributed by atoms with Crippen LogP contribution in [0.25, 0.3) is 11.0 Å². The van der Waals surface area contributed by atoms with E-state index in [-0.39, 0.29) is 18.7 Å². The molecule has 0 atom stereocenters. The number of carboxylic acid groups (broad SMARTS) is 1. The lowest BCUT2D eigenvalue weighted by Crippen LogP contribution is -2.31. The molecule has 3 aromatic carbocycles. The van der Waals surface area contributed by atoms with Crippen LogP contribution in [0.4, 0.5) is 10.1 Å². The number of aliphatic carboxylic acids is 1. The van der Waals surface area contributed by atoms with E-state index >= 15 is 0 Å². The normalized spacial score (nSPS) is 11.0. The first-order valence-electron chi connectivity index (χ1n) is 10.8. The number of anilines is 1. The third kappa shape index (κ3) is 4.77. The smallest absolute Gasteiger partial charge is 0.323 e. The zero-order chi connectivity index (χ0) is 23.4. The number of amides is 1. The third-order valence-electron chi connectivity index (χ3n) is 5.42. The Morgan fingerprint density at radius 2 is 1.76 bits per heavy atom. The molecular weight excluding hydrogens is 421 g/mol. The molecule has 4 aromatic rings. The molecular formula is C26H24FN3O3. The number of nitrogens with zero attached hydrogens (tertiary/aromatic N) is 3. The second-order valence-electron chi connectivity index (χ2n) is 7.79. The van der Waals surface area contributed by atoms with Gasteiger partial charge in [-0.05, 0) is 42.3 Å². The maximum absolute atomic E-state index is 14.5. The fraction of sp³-hybridized carbons (Fsp3) is 0.192. The van der Waals surface area contributed by atoms with Gasteiger partial charge in [-0.2, -0.15) is 0 Å². The Morgan fingerprint density at radius 3 is 2.45 bits per heavy atom. The number of hydrogen-bond acceptors (Lipinski definition) is 3. The van der Waals surface area contributed by atoms with E-state index < -0.39 is 17.7 Å². The Balaban J connectivity index is 1.80. The number of benzene rings is 3. The lowest BCUT2D eigenvalue weighted by atomic mass is 10.1. The van der Waals surface area contributed by atoms with Crippen molar-refractivity contribution in [3.8, 4) is 0 Å². The highest BCUT2D eigenvalue weighted by atomic mass is 19.1. The van der Waals surface area contributed by atoms with Gasteiger partial charge in [-0.3, -0.25) is 9.59 Å². The van der Waals surface area contributed by atoms with E-state index in [1.807, 2.05) is 37.3 Å². The number of carbonyl (C=O) groups is 2. The van der Waals surface area contributed by atoms with Gasteiger partial charge in [-0.1, -0.05) is 49.4 Å². The van der Waals surface area contributed by atoms with Crippen LogP contribution in [0.3, 0.4) is 0 Å². The quantitative estimate of drug-likeness (QED) is 0.411. The molecule has 0 aliphatic carbocycles. The molecule has 0 fully saturated rings. The minimum Gasteiger partial charge on any atom is -0.480 e. The predicted molar refractivity (Wildman–Crippen MR) is 125 cm³/mol. The van der Waals surface area contributed by atoms with Gasteiger partial charge in [0, 0.05) is 12.1 Å². The first-order chi connectivity index (χ1) is 16.0. The Kier molecular flexibility index (Phi) is 6.49. The number of aromatic nitrogens is 2. The molecule has 0 unspecified atom stereocenters. The van der Waals surface area contributed by atoms with E-state index in [9.17, 15) is 19.1 Å². The highest BCUT2D eigenvalue weighted by molar-refractivity contribution is 6.07. The average Bonchev–Trinajstić information content (AvgIpc) is 3.14. The molecule has 1 aromatic heterocycles. The molecule has 7 heteroatoms. The lowest BCUT2D eigenvalue weighted by molar-refractivity contribution is -0.137. The van der Waals surface area contributed by atoms with Gasteiger partial charge in [0.2, 0.25) is 0 Å². The number of carbonyl (C=O) groups excluding carboxylic acids is 1. The highest BCUT2D eigenvalue weighted by Gasteiger charge is 2.22. The molecule has 0 bridgehead atoms. The van der Waals surface area contributed by atoms with Crippen molar-refractivity contribution in [2.24, 2.45) is 0 Å². The Morgan fingerprint density at radius 1 is 1.03 bits per heavy atom. The zero-order valence-corrected chi connectivity index (χ0v) is 18.2. The standard InChI is InChI=1S/C26H24FN3O3/c1-2-8-24-28-22-15-19(13-14-23(22)30(24)17-25(31)32)29(16-18-9-4-3-5-10-18)26(33)20-11-6-7-12-21(20)27/h3-7,9-15H,2,8,16-17H2,1H3,(H,31,32). The maximum atomic E-state index is 14.5. The van der Waals surface area contributed by atoms with Crippen molar-refractivity contribution in [3.05, 3.63) is 95.6 Å². The van der Waals surface area contributed by atoms with Gasteiger partial charge in [0.05, 0.1) is 23.1 Å². The molecule has 6 nitrogen and oxygen atoms in total. The summed E-state index contributed by atoms with van der Waals surface area (Å²) in [5, 5.41) is 9.33. The second-order valence-corrected chi connectivity index (χ2v) is 7.79. The largest absolute Gasteiger partial charge is 0.480 e. The van der Waals surface area contributed by atoms with Gasteiger partial charge in [0.15, 0.2) is 0 Å². The van der Waals surface area contributed by atoms with Crippen LogP contribution in [0.15, 0.2) is 72.8 Å². The second kappa shape index (κ2) is 9.65. The molecule has 0 aliphatic rings. The van der Waals surface area contributed by atoms with Crippen LogP contribution < -0.4 is 4.90 Å². The van der Waals surface area contributed by atoms with Gasteiger partial charge in [-0.15, -0.1) is 0 Å². The van der Waals surface area contributed by atoms with E-state index in [1.165, 1.54) is 17.0 Å². The molecule has 33 heavy (non-hydrogen) atoms. The van der Waals surface area contributed by atoms with E-state index in [0.29, 0.717) is 29.0 Å². The topological polar surface area (TPSA) is 75.4 Å². The number of carboxylic acids is 1. The SMILES string of the molecule is CCCc1nc2cc(N(Cc3ccccc3)C(=O)c3ccccc3F)ccc2n1CC(=O)O. The molecule has 168 valence electrons. The molecule has 0 saturated heterocycles. The third-order valence-corrected chi connectivity index (χ3v) is 5.42. The fourth-order valence-electron chi connectivity index (χ4n) is 3.89. The van der Waals surface area contributed by atoms with Gasteiger partial charge in [0.25, 0.3) is 5.91 Å². The summed E-state index contributed by atoms with van der Waals surface area (Å²) in [4.78, 5) is 31.0. The number of fused-ring (bicyclic) bond motifs is 1. The van der Waals surface area contributed by atoms with Crippen molar-refractivity contribution in [2.75, 3.05) is 4.90 Å². The van der Waals surface area contributed by atoms with Crippen molar-refractivity contribution in [1.29, 1.82) is 0 Å². The Bertz CT molecular complexity index is 1300. The predicted octanol–water partition coefficient (Wildman–Crippen LogP) is 5.06. The molecule has 0 aliphatic heterocycles. The number of halogens is 1. The van der Waals surface area contributed by atoms with Crippen molar-refractivity contribution < 1.29 is 19.1 Å². The fourth-order valence-corrected chi connectivity index (χ4v) is 3.89. The summed E-state index contributed by atoms with van der Waals surface area (Å²) < 4.78 is 16.1. The van der Waals surface area contributed by atoms with E-state index in [2.05, 4.69) is 4.98 Å². The summed E-state index contributed by atoms with van der Waals surface area (Å²) in [6, 6.07) is 20.7. The van der Waals surface area contributed by atoms with Crippen LogP contribution in [0.1, 0.15) is 35.1 Å². The number of hydrogen-bond donors (Lipinski definition) is 1. The minimum absolute atomic E-state index is 0.0170. The van der Waals surface area contributed by atoms with Crippen LogP contribution in [0, 0.1) is 5.82 Å². The molecule has 1 heterocycles. The van der Waals surface area contributed by atoms with E-state index in [4.69, 9.17) is 0 Å². The molecule has 0 radical (unpaired) electrons. The highest BCUT2D eigenvalue weighted by Crippen LogP contribution is 2.27. The summed E-state index contributed by atoms with van der Waals surface area (Å²) in [5.74, 6) is -1.31. The average molecular weight is 445 g/mol. The number of aryl methyl sites for hydroxylation is 1. The van der Waals surface area contributed by atoms with Gasteiger partial charge in [0.1, 0.15) is 18.2 Å². The van der Waals surface area contributed by atoms with Crippen molar-refractivity contribution in [1.82, 2.24) is 9.55 Å².